The fourth-order valence-electron chi connectivity index (χ4n) is 1.25. The second-order valence-electron chi connectivity index (χ2n) is 3.51. The highest BCUT2D eigenvalue weighted by molar-refractivity contribution is 5.94. The lowest BCUT2D eigenvalue weighted by Gasteiger charge is -2.15. The van der Waals surface area contributed by atoms with Gasteiger partial charge in [0.25, 0.3) is 5.91 Å². The van der Waals surface area contributed by atoms with Crippen molar-refractivity contribution in [1.29, 1.82) is 5.26 Å². The smallest absolute Gasteiger partial charge is 0.325 e. The zero-order valence-corrected chi connectivity index (χ0v) is 10.2. The quantitative estimate of drug-likeness (QED) is 0.727. The highest BCUT2D eigenvalue weighted by atomic mass is 16.5. The maximum Gasteiger partial charge on any atom is 0.325 e. The molecule has 6 nitrogen and oxygen atoms in total. The van der Waals surface area contributed by atoms with E-state index in [4.69, 9.17) is 10.00 Å². The van der Waals surface area contributed by atoms with E-state index in [0.29, 0.717) is 5.56 Å². The number of nitrogens with zero attached hydrogens (tertiary/aromatic N) is 3. The molecule has 1 heterocycles. The number of hydrogen-bond acceptors (Lipinski definition) is 5. The lowest BCUT2D eigenvalue weighted by atomic mass is 10.2. The molecule has 0 bridgehead atoms. The molecule has 0 unspecified atom stereocenters. The summed E-state index contributed by atoms with van der Waals surface area (Å²) >= 11 is 0. The van der Waals surface area contributed by atoms with Crippen LogP contribution in [-0.4, -0.2) is 42.0 Å². The average molecular weight is 247 g/mol. The third-order valence-corrected chi connectivity index (χ3v) is 2.13. The molecule has 0 N–H and O–H groups in total. The first-order chi connectivity index (χ1) is 8.58. The van der Waals surface area contributed by atoms with E-state index in [-0.39, 0.29) is 18.8 Å². The fraction of sp³-hybridized carbons (Fsp3) is 0.333. The van der Waals surface area contributed by atoms with Gasteiger partial charge in [0.2, 0.25) is 0 Å². The lowest BCUT2D eigenvalue weighted by molar-refractivity contribution is -0.143. The fourth-order valence-corrected chi connectivity index (χ4v) is 1.25. The van der Waals surface area contributed by atoms with E-state index in [1.165, 1.54) is 30.3 Å². The summed E-state index contributed by atoms with van der Waals surface area (Å²) in [6.45, 7) is 1.84. The molecule has 1 amide bonds. The Morgan fingerprint density at radius 3 is 2.72 bits per heavy atom. The molecule has 0 aliphatic rings. The number of ether oxygens (including phenoxy) is 1. The van der Waals surface area contributed by atoms with Gasteiger partial charge in [0.15, 0.2) is 0 Å². The number of hydrogen-bond donors (Lipinski definition) is 0. The Kier molecular flexibility index (Phi) is 4.81. The van der Waals surface area contributed by atoms with Crippen LogP contribution in [0.15, 0.2) is 18.3 Å². The Labute approximate surface area is 105 Å². The van der Waals surface area contributed by atoms with Gasteiger partial charge in [-0.3, -0.25) is 9.59 Å². The molecule has 0 aliphatic carbocycles. The first-order valence-corrected chi connectivity index (χ1v) is 5.35. The predicted molar refractivity (Wildman–Crippen MR) is 62.5 cm³/mol. The van der Waals surface area contributed by atoms with Crippen LogP contribution in [0.4, 0.5) is 0 Å². The van der Waals surface area contributed by atoms with Gasteiger partial charge < -0.3 is 9.64 Å². The van der Waals surface area contributed by atoms with Crippen molar-refractivity contribution in [2.45, 2.75) is 6.92 Å². The first kappa shape index (κ1) is 13.6. The Balaban J connectivity index is 2.68. The molecular weight excluding hydrogens is 234 g/mol. The molecular formula is C12H13N3O3. The first-order valence-electron chi connectivity index (χ1n) is 5.35. The summed E-state index contributed by atoms with van der Waals surface area (Å²) in [4.78, 5) is 28.1. The molecule has 0 atom stereocenters. The van der Waals surface area contributed by atoms with Gasteiger partial charge >= 0.3 is 5.97 Å². The van der Waals surface area contributed by atoms with Crippen molar-refractivity contribution in [2.24, 2.45) is 0 Å². The number of carbonyl (C=O) groups is 2. The molecule has 6 heteroatoms. The summed E-state index contributed by atoms with van der Waals surface area (Å²) in [5.74, 6) is -0.866. The third kappa shape index (κ3) is 3.56. The van der Waals surface area contributed by atoms with Crippen LogP contribution in [0.1, 0.15) is 23.0 Å². The number of carbonyl (C=O) groups excluding carboxylic acids is 2. The summed E-state index contributed by atoms with van der Waals surface area (Å²) in [6, 6.07) is 4.86. The van der Waals surface area contributed by atoms with Crippen molar-refractivity contribution >= 4 is 11.9 Å². The molecule has 1 rings (SSSR count). The molecule has 0 aromatic carbocycles. The average Bonchev–Trinajstić information content (AvgIpc) is 2.38. The topological polar surface area (TPSA) is 83.3 Å². The highest BCUT2D eigenvalue weighted by Crippen LogP contribution is 2.02. The second kappa shape index (κ2) is 6.35. The number of amides is 1. The minimum absolute atomic E-state index is 0.131. The maximum absolute atomic E-state index is 11.9. The SMILES string of the molecule is CCOC(=O)CN(C)C(=O)c1ccc(C#N)cn1. The molecule has 94 valence electrons. The monoisotopic (exact) mass is 247 g/mol. The summed E-state index contributed by atoms with van der Waals surface area (Å²) in [5.41, 5.74) is 0.556. The van der Waals surface area contributed by atoms with E-state index in [9.17, 15) is 9.59 Å². The summed E-state index contributed by atoms with van der Waals surface area (Å²) in [6.07, 6.45) is 1.31. The Morgan fingerprint density at radius 1 is 1.50 bits per heavy atom. The molecule has 0 fully saturated rings. The van der Waals surface area contributed by atoms with E-state index in [1.807, 2.05) is 6.07 Å². The molecule has 1 aromatic heterocycles. The third-order valence-electron chi connectivity index (χ3n) is 2.13. The zero-order valence-electron chi connectivity index (χ0n) is 10.2. The molecule has 0 aliphatic heterocycles. The Hall–Kier alpha value is -2.42. The van der Waals surface area contributed by atoms with E-state index >= 15 is 0 Å². The van der Waals surface area contributed by atoms with Gasteiger partial charge in [0, 0.05) is 13.2 Å². The largest absolute Gasteiger partial charge is 0.465 e. The van der Waals surface area contributed by atoms with Crippen LogP contribution in [0.2, 0.25) is 0 Å². The number of pyridine rings is 1. The Bertz CT molecular complexity index is 476. The molecule has 18 heavy (non-hydrogen) atoms. The van der Waals surface area contributed by atoms with Crippen LogP contribution < -0.4 is 0 Å². The van der Waals surface area contributed by atoms with Gasteiger partial charge in [0.1, 0.15) is 18.3 Å². The van der Waals surface area contributed by atoms with E-state index < -0.39 is 11.9 Å². The van der Waals surface area contributed by atoms with E-state index in [2.05, 4.69) is 4.98 Å². The van der Waals surface area contributed by atoms with Crippen LogP contribution in [0, 0.1) is 11.3 Å². The summed E-state index contributed by atoms with van der Waals surface area (Å²) in [5, 5.41) is 8.61. The molecule has 0 spiro atoms. The summed E-state index contributed by atoms with van der Waals surface area (Å²) < 4.78 is 4.74. The number of nitriles is 1. The predicted octanol–water partition coefficient (Wildman–Crippen LogP) is 0.588. The minimum atomic E-state index is -0.470. The van der Waals surface area contributed by atoms with E-state index in [1.54, 1.807) is 6.92 Å². The van der Waals surface area contributed by atoms with Crippen LogP contribution in [-0.2, 0) is 9.53 Å². The van der Waals surface area contributed by atoms with Gasteiger partial charge in [0.05, 0.1) is 12.2 Å². The second-order valence-corrected chi connectivity index (χ2v) is 3.51. The van der Waals surface area contributed by atoms with Gasteiger partial charge in [-0.15, -0.1) is 0 Å². The van der Waals surface area contributed by atoms with Gasteiger partial charge in [-0.1, -0.05) is 0 Å². The molecule has 0 radical (unpaired) electrons. The zero-order chi connectivity index (χ0) is 13.5. The minimum Gasteiger partial charge on any atom is -0.465 e. The molecule has 0 saturated heterocycles. The van der Waals surface area contributed by atoms with Crippen molar-refractivity contribution in [3.8, 4) is 6.07 Å². The number of rotatable bonds is 4. The van der Waals surface area contributed by atoms with Gasteiger partial charge in [-0.25, -0.2) is 4.98 Å². The van der Waals surface area contributed by atoms with Crippen molar-refractivity contribution in [2.75, 3.05) is 20.2 Å². The molecule has 1 aromatic rings. The van der Waals surface area contributed by atoms with Crippen molar-refractivity contribution in [3.63, 3.8) is 0 Å². The Morgan fingerprint density at radius 2 is 2.22 bits per heavy atom. The van der Waals surface area contributed by atoms with Crippen LogP contribution >= 0.6 is 0 Å². The van der Waals surface area contributed by atoms with Crippen LogP contribution in [0.25, 0.3) is 0 Å². The van der Waals surface area contributed by atoms with Crippen LogP contribution in [0.3, 0.4) is 0 Å². The normalized spacial score (nSPS) is 9.39. The summed E-state index contributed by atoms with van der Waals surface area (Å²) in [7, 11) is 1.49. The van der Waals surface area contributed by atoms with Gasteiger partial charge in [-0.05, 0) is 19.1 Å². The standard InChI is InChI=1S/C12H13N3O3/c1-3-18-11(16)8-15(2)12(17)10-5-4-9(6-13)7-14-10/h4-5,7H,3,8H2,1-2H3. The molecule has 0 saturated carbocycles. The highest BCUT2D eigenvalue weighted by Gasteiger charge is 2.16. The number of likely N-dealkylation sites (N-methyl/N-ethyl adjacent to an activating group) is 1. The van der Waals surface area contributed by atoms with Crippen molar-refractivity contribution in [1.82, 2.24) is 9.88 Å². The van der Waals surface area contributed by atoms with Crippen molar-refractivity contribution < 1.29 is 14.3 Å². The lowest BCUT2D eigenvalue weighted by Crippen LogP contribution is -2.33. The van der Waals surface area contributed by atoms with Crippen molar-refractivity contribution in [3.05, 3.63) is 29.6 Å². The van der Waals surface area contributed by atoms with Crippen LogP contribution in [0.5, 0.6) is 0 Å². The number of aromatic nitrogens is 1. The number of esters is 1. The van der Waals surface area contributed by atoms with Gasteiger partial charge in [-0.2, -0.15) is 5.26 Å². The maximum atomic E-state index is 11.9. The van der Waals surface area contributed by atoms with E-state index in [0.717, 1.165) is 0 Å².